The normalized spacial score (nSPS) is 26.1. The summed E-state index contributed by atoms with van der Waals surface area (Å²) in [6, 6.07) is 0.567. The summed E-state index contributed by atoms with van der Waals surface area (Å²) in [5.41, 5.74) is 1.23. The maximum atomic E-state index is 4.13. The second-order valence-corrected chi connectivity index (χ2v) is 5.97. The molecule has 0 fully saturated rings. The third-order valence-corrected chi connectivity index (χ3v) is 4.22. The fourth-order valence-corrected chi connectivity index (χ4v) is 2.76. The first-order valence-corrected chi connectivity index (χ1v) is 8.10. The molecule has 0 radical (unpaired) electrons. The van der Waals surface area contributed by atoms with E-state index in [-0.39, 0.29) is 0 Å². The molecule has 0 aliphatic heterocycles. The zero-order chi connectivity index (χ0) is 14.8. The van der Waals surface area contributed by atoms with E-state index in [0.29, 0.717) is 6.04 Å². The Morgan fingerprint density at radius 3 is 2.90 bits per heavy atom. The third kappa shape index (κ3) is 6.42. The smallest absolute Gasteiger partial charge is 0.0250 e. The molecule has 0 aromatic heterocycles. The van der Waals surface area contributed by atoms with Crippen LogP contribution < -0.4 is 10.6 Å². The second-order valence-electron chi connectivity index (χ2n) is 5.97. The van der Waals surface area contributed by atoms with Gasteiger partial charge in [0.1, 0.15) is 0 Å². The summed E-state index contributed by atoms with van der Waals surface area (Å²) in [7, 11) is 2.05. The van der Waals surface area contributed by atoms with E-state index >= 15 is 0 Å². The van der Waals surface area contributed by atoms with Crippen LogP contribution in [-0.4, -0.2) is 19.6 Å². The number of hydrogen-bond acceptors (Lipinski definition) is 2. The van der Waals surface area contributed by atoms with Crippen LogP contribution in [-0.2, 0) is 0 Å². The zero-order valence-electron chi connectivity index (χ0n) is 13.5. The number of hydrogen-bond donors (Lipinski definition) is 2. The van der Waals surface area contributed by atoms with Crippen molar-refractivity contribution < 1.29 is 0 Å². The first-order chi connectivity index (χ1) is 9.67. The van der Waals surface area contributed by atoms with E-state index in [0.717, 1.165) is 31.2 Å². The fourth-order valence-electron chi connectivity index (χ4n) is 2.76. The van der Waals surface area contributed by atoms with Gasteiger partial charge in [0.05, 0.1) is 0 Å². The van der Waals surface area contributed by atoms with Crippen LogP contribution in [0.15, 0.2) is 36.6 Å². The maximum Gasteiger partial charge on any atom is 0.0250 e. The van der Waals surface area contributed by atoms with Crippen LogP contribution in [0.1, 0.15) is 46.0 Å². The summed E-state index contributed by atoms with van der Waals surface area (Å²) in [6.45, 7) is 9.69. The summed E-state index contributed by atoms with van der Waals surface area (Å²) >= 11 is 0. The van der Waals surface area contributed by atoms with Gasteiger partial charge in [-0.2, -0.15) is 0 Å². The SMILES string of the molecule is C=C(C=CNCCC)CCCC1CC(NC)C=CC1C. The van der Waals surface area contributed by atoms with E-state index in [1.54, 1.807) is 0 Å². The molecule has 0 spiro atoms. The van der Waals surface area contributed by atoms with Gasteiger partial charge in [-0.25, -0.2) is 0 Å². The van der Waals surface area contributed by atoms with Gasteiger partial charge in [0, 0.05) is 12.6 Å². The number of likely N-dealkylation sites (N-methyl/N-ethyl adjacent to an activating group) is 1. The molecule has 0 aromatic carbocycles. The van der Waals surface area contributed by atoms with E-state index in [1.165, 1.54) is 24.8 Å². The number of nitrogens with one attached hydrogen (secondary N) is 2. The van der Waals surface area contributed by atoms with Crippen LogP contribution in [0.4, 0.5) is 0 Å². The molecular formula is C18H32N2. The molecule has 0 heterocycles. The first-order valence-electron chi connectivity index (χ1n) is 8.10. The Kier molecular flexibility index (Phi) is 8.36. The second kappa shape index (κ2) is 9.82. The van der Waals surface area contributed by atoms with Crippen molar-refractivity contribution in [2.45, 2.75) is 52.0 Å². The molecule has 3 atom stereocenters. The minimum absolute atomic E-state index is 0.567. The molecule has 2 heteroatoms. The highest BCUT2D eigenvalue weighted by atomic mass is 14.9. The van der Waals surface area contributed by atoms with Crippen LogP contribution in [0, 0.1) is 11.8 Å². The first kappa shape index (κ1) is 17.0. The van der Waals surface area contributed by atoms with Gasteiger partial charge in [0.25, 0.3) is 0 Å². The van der Waals surface area contributed by atoms with Crippen molar-refractivity contribution >= 4 is 0 Å². The molecular weight excluding hydrogens is 244 g/mol. The molecule has 0 amide bonds. The van der Waals surface area contributed by atoms with E-state index in [1.807, 2.05) is 6.20 Å². The van der Waals surface area contributed by atoms with Crippen molar-refractivity contribution in [1.82, 2.24) is 10.6 Å². The molecule has 0 saturated carbocycles. The third-order valence-electron chi connectivity index (χ3n) is 4.22. The minimum Gasteiger partial charge on any atom is -0.391 e. The molecule has 1 aliphatic rings. The topological polar surface area (TPSA) is 24.1 Å². The molecule has 2 N–H and O–H groups in total. The van der Waals surface area contributed by atoms with Gasteiger partial charge in [-0.3, -0.25) is 0 Å². The summed E-state index contributed by atoms with van der Waals surface area (Å²) in [5.74, 6) is 1.53. The van der Waals surface area contributed by atoms with Crippen molar-refractivity contribution in [3.63, 3.8) is 0 Å². The molecule has 1 aliphatic carbocycles. The molecule has 0 bridgehead atoms. The average molecular weight is 276 g/mol. The molecule has 3 unspecified atom stereocenters. The lowest BCUT2D eigenvalue weighted by atomic mass is 9.80. The van der Waals surface area contributed by atoms with Crippen LogP contribution in [0.2, 0.25) is 0 Å². The van der Waals surface area contributed by atoms with Crippen LogP contribution in [0.5, 0.6) is 0 Å². The summed E-state index contributed by atoms with van der Waals surface area (Å²) in [5, 5.41) is 6.64. The standard InChI is InChI=1S/C18H32N2/c1-5-12-20-13-11-15(2)7-6-8-17-14-18(19-4)10-9-16(17)3/h9-11,13,16-20H,2,5-8,12,14H2,1,3-4H3. The summed E-state index contributed by atoms with van der Waals surface area (Å²) in [6.07, 6.45) is 15.0. The Labute approximate surface area is 125 Å². The Balaban J connectivity index is 2.21. The molecule has 0 aromatic rings. The molecule has 0 saturated heterocycles. The van der Waals surface area contributed by atoms with Crippen molar-refractivity contribution in [2.75, 3.05) is 13.6 Å². The van der Waals surface area contributed by atoms with Gasteiger partial charge in [-0.15, -0.1) is 0 Å². The van der Waals surface area contributed by atoms with E-state index in [4.69, 9.17) is 0 Å². The van der Waals surface area contributed by atoms with Crippen LogP contribution in [0.25, 0.3) is 0 Å². The van der Waals surface area contributed by atoms with Gasteiger partial charge in [0.2, 0.25) is 0 Å². The molecule has 20 heavy (non-hydrogen) atoms. The Morgan fingerprint density at radius 2 is 2.20 bits per heavy atom. The highest BCUT2D eigenvalue weighted by Gasteiger charge is 2.22. The van der Waals surface area contributed by atoms with Gasteiger partial charge in [-0.1, -0.05) is 38.2 Å². The quantitative estimate of drug-likeness (QED) is 0.377. The van der Waals surface area contributed by atoms with Crippen molar-refractivity contribution in [3.8, 4) is 0 Å². The lowest BCUT2D eigenvalue weighted by molar-refractivity contribution is 0.315. The van der Waals surface area contributed by atoms with Gasteiger partial charge < -0.3 is 10.6 Å². The van der Waals surface area contributed by atoms with E-state index in [2.05, 4.69) is 56.3 Å². The predicted molar refractivity (Wildman–Crippen MR) is 89.7 cm³/mol. The Bertz CT molecular complexity index is 330. The molecule has 1 rings (SSSR count). The highest BCUT2D eigenvalue weighted by molar-refractivity contribution is 5.13. The summed E-state index contributed by atoms with van der Waals surface area (Å²) in [4.78, 5) is 0. The van der Waals surface area contributed by atoms with Crippen LogP contribution in [0.3, 0.4) is 0 Å². The number of rotatable bonds is 9. The van der Waals surface area contributed by atoms with Gasteiger partial charge >= 0.3 is 0 Å². The zero-order valence-corrected chi connectivity index (χ0v) is 13.5. The minimum atomic E-state index is 0.567. The Hall–Kier alpha value is -1.02. The molecule has 114 valence electrons. The molecule has 2 nitrogen and oxygen atoms in total. The Morgan fingerprint density at radius 1 is 1.40 bits per heavy atom. The van der Waals surface area contributed by atoms with E-state index < -0.39 is 0 Å². The van der Waals surface area contributed by atoms with Gasteiger partial charge in [-0.05, 0) is 63.3 Å². The maximum absolute atomic E-state index is 4.13. The van der Waals surface area contributed by atoms with Crippen molar-refractivity contribution in [2.24, 2.45) is 11.8 Å². The largest absolute Gasteiger partial charge is 0.391 e. The van der Waals surface area contributed by atoms with Crippen molar-refractivity contribution in [1.29, 1.82) is 0 Å². The monoisotopic (exact) mass is 276 g/mol. The number of allylic oxidation sites excluding steroid dienone is 3. The van der Waals surface area contributed by atoms with Gasteiger partial charge in [0.15, 0.2) is 0 Å². The van der Waals surface area contributed by atoms with Crippen molar-refractivity contribution in [3.05, 3.63) is 36.6 Å². The van der Waals surface area contributed by atoms with Crippen LogP contribution >= 0.6 is 0 Å². The summed E-state index contributed by atoms with van der Waals surface area (Å²) < 4.78 is 0. The lowest BCUT2D eigenvalue weighted by Crippen LogP contribution is -2.31. The lowest BCUT2D eigenvalue weighted by Gasteiger charge is -2.29. The predicted octanol–water partition coefficient (Wildman–Crippen LogP) is 4.03. The highest BCUT2D eigenvalue weighted by Crippen LogP contribution is 2.29. The fraction of sp³-hybridized carbons (Fsp3) is 0.667. The van der Waals surface area contributed by atoms with E-state index in [9.17, 15) is 0 Å². The average Bonchev–Trinajstić information content (AvgIpc) is 2.45.